The third kappa shape index (κ3) is 7.95. The number of rotatable bonds is 4. The molecule has 0 unspecified atom stereocenters. The van der Waals surface area contributed by atoms with Crippen LogP contribution in [0.5, 0.6) is 0 Å². The standard InChI is InChI=1S/C31H30NO.C20H18N.Ir/c1-30(2)17-22(18-31(3,4)19-30)21-14-15-32-27(16-21)26-11-7-10-24-25-13-12-20-8-5-6-9-23(20)28(25)33-29(24)26;1-14-9-10-18(20-11-15(2)16(3)13-21-20)12-19(14)17-7-5-4-6-8-17;/h5-10,12-16,22H,17-19H2,1-4H3;4-9,11-13H,1-3H3;/q2*-1;/i22D;1D3,2D3,3D3;. The molecule has 279 valence electrons. The number of fused-ring (bicyclic) bond motifs is 5. The van der Waals surface area contributed by atoms with Crippen LogP contribution in [0.3, 0.4) is 0 Å². The molecule has 3 aromatic heterocycles. The molecule has 4 heteroatoms. The van der Waals surface area contributed by atoms with Crippen molar-refractivity contribution >= 4 is 32.7 Å². The first-order valence-electron chi connectivity index (χ1n) is 23.3. The van der Waals surface area contributed by atoms with Crippen LogP contribution in [0.2, 0.25) is 0 Å². The van der Waals surface area contributed by atoms with Crippen LogP contribution in [0.4, 0.5) is 0 Å². The second-order valence-corrected chi connectivity index (χ2v) is 15.9. The van der Waals surface area contributed by atoms with Gasteiger partial charge < -0.3 is 14.4 Å². The normalized spacial score (nSPS) is 19.0. The molecule has 9 rings (SSSR count). The Labute approximate surface area is 353 Å². The minimum atomic E-state index is -2.65. The number of aryl methyl sites for hydroxylation is 3. The summed E-state index contributed by atoms with van der Waals surface area (Å²) in [6.07, 6.45) is 5.71. The first-order valence-corrected chi connectivity index (χ1v) is 18.3. The number of aromatic nitrogens is 2. The minimum Gasteiger partial charge on any atom is -0.500 e. The summed E-state index contributed by atoms with van der Waals surface area (Å²) in [5.74, 6) is -0.638. The smallest absolute Gasteiger partial charge is 0.128 e. The summed E-state index contributed by atoms with van der Waals surface area (Å²) >= 11 is 0. The molecule has 3 heterocycles. The average molecular weight is 907 g/mol. The summed E-state index contributed by atoms with van der Waals surface area (Å²) in [6.45, 7) is 1.54. The van der Waals surface area contributed by atoms with Gasteiger partial charge in [0.05, 0.1) is 5.58 Å². The van der Waals surface area contributed by atoms with Crippen molar-refractivity contribution in [3.05, 3.63) is 156 Å². The van der Waals surface area contributed by atoms with Gasteiger partial charge in [0.25, 0.3) is 0 Å². The predicted octanol–water partition coefficient (Wildman–Crippen LogP) is 14.1. The Morgan fingerprint density at radius 2 is 1.45 bits per heavy atom. The molecule has 1 saturated carbocycles. The topological polar surface area (TPSA) is 38.9 Å². The number of hydrogen-bond acceptors (Lipinski definition) is 3. The quantitative estimate of drug-likeness (QED) is 0.165. The van der Waals surface area contributed by atoms with E-state index in [0.29, 0.717) is 16.7 Å². The third-order valence-corrected chi connectivity index (χ3v) is 10.3. The van der Waals surface area contributed by atoms with E-state index in [4.69, 9.17) is 21.7 Å². The fourth-order valence-corrected chi connectivity index (χ4v) is 8.39. The van der Waals surface area contributed by atoms with Crippen molar-refractivity contribution in [2.45, 2.75) is 73.4 Å². The zero-order valence-electron chi connectivity index (χ0n) is 41.3. The number of benzene rings is 5. The number of nitrogens with zero attached hydrogens (tertiary/aromatic N) is 2. The molecule has 0 aliphatic heterocycles. The maximum Gasteiger partial charge on any atom is 0.128 e. The summed E-state index contributed by atoms with van der Waals surface area (Å²) in [4.78, 5) is 8.85. The number of furan rings is 1. The maximum absolute atomic E-state index is 9.51. The Kier molecular flexibility index (Phi) is 7.71. The Bertz CT molecular complexity index is 3010. The van der Waals surface area contributed by atoms with Crippen LogP contribution in [-0.2, 0) is 20.1 Å². The molecule has 1 fully saturated rings. The van der Waals surface area contributed by atoms with Gasteiger partial charge in [-0.3, -0.25) is 0 Å². The van der Waals surface area contributed by atoms with Gasteiger partial charge >= 0.3 is 0 Å². The molecule has 0 saturated heterocycles. The largest absolute Gasteiger partial charge is 0.500 e. The van der Waals surface area contributed by atoms with Gasteiger partial charge in [-0.2, -0.15) is 0 Å². The Morgan fingerprint density at radius 1 is 0.709 bits per heavy atom. The molecule has 1 aliphatic carbocycles. The van der Waals surface area contributed by atoms with Crippen molar-refractivity contribution in [1.29, 1.82) is 0 Å². The van der Waals surface area contributed by atoms with Crippen LogP contribution in [0.25, 0.3) is 66.4 Å². The third-order valence-electron chi connectivity index (χ3n) is 10.3. The van der Waals surface area contributed by atoms with Gasteiger partial charge in [0.2, 0.25) is 0 Å². The Hall–Kier alpha value is -4.89. The van der Waals surface area contributed by atoms with E-state index in [2.05, 4.69) is 87.3 Å². The second kappa shape index (κ2) is 15.3. The van der Waals surface area contributed by atoms with E-state index in [9.17, 15) is 1.37 Å². The molecule has 55 heavy (non-hydrogen) atoms. The summed E-state index contributed by atoms with van der Waals surface area (Å²) in [5.41, 5.74) is 5.80. The first kappa shape index (κ1) is 27.7. The van der Waals surface area contributed by atoms with E-state index >= 15 is 0 Å². The predicted molar refractivity (Wildman–Crippen MR) is 226 cm³/mol. The molecule has 1 aliphatic rings. The summed E-state index contributed by atoms with van der Waals surface area (Å²) in [7, 11) is 0. The van der Waals surface area contributed by atoms with Crippen LogP contribution in [0, 0.1) is 43.5 Å². The summed E-state index contributed by atoms with van der Waals surface area (Å²) in [5, 5.41) is 4.45. The zero-order chi connectivity index (χ0) is 46.0. The van der Waals surface area contributed by atoms with Gasteiger partial charge in [0, 0.05) is 57.0 Å². The van der Waals surface area contributed by atoms with Gasteiger partial charge in [-0.25, -0.2) is 0 Å². The molecule has 0 spiro atoms. The van der Waals surface area contributed by atoms with Gasteiger partial charge in [-0.15, -0.1) is 47.5 Å². The van der Waals surface area contributed by atoms with Crippen LogP contribution < -0.4 is 0 Å². The zero-order valence-corrected chi connectivity index (χ0v) is 33.7. The molecule has 5 aromatic carbocycles. The molecular formula is C51H48IrN2O-2. The average Bonchev–Trinajstić information content (AvgIpc) is 3.61. The molecule has 0 atom stereocenters. The second-order valence-electron chi connectivity index (χ2n) is 15.9. The van der Waals surface area contributed by atoms with E-state index < -0.39 is 26.4 Å². The fourth-order valence-electron chi connectivity index (χ4n) is 8.39. The maximum atomic E-state index is 9.51. The van der Waals surface area contributed by atoms with Crippen molar-refractivity contribution in [2.75, 3.05) is 0 Å². The molecule has 0 amide bonds. The molecule has 0 bridgehead atoms. The van der Waals surface area contributed by atoms with Gasteiger partial charge in [0.1, 0.15) is 5.58 Å². The van der Waals surface area contributed by atoms with E-state index in [0.717, 1.165) is 69.6 Å². The first-order chi connectivity index (χ1) is 29.9. The molecule has 1 radical (unpaired) electrons. The van der Waals surface area contributed by atoms with Crippen molar-refractivity contribution in [3.63, 3.8) is 0 Å². The van der Waals surface area contributed by atoms with Gasteiger partial charge in [-0.1, -0.05) is 141 Å². The minimum absolute atomic E-state index is 0. The molecule has 8 aromatic rings. The van der Waals surface area contributed by atoms with Crippen molar-refractivity contribution in [3.8, 4) is 33.6 Å². The van der Waals surface area contributed by atoms with Crippen molar-refractivity contribution in [2.24, 2.45) is 10.8 Å². The number of hydrogen-bond donors (Lipinski definition) is 0. The monoisotopic (exact) mass is 907 g/mol. The van der Waals surface area contributed by atoms with Gasteiger partial charge in [0.15, 0.2) is 0 Å². The van der Waals surface area contributed by atoms with Crippen LogP contribution in [0.1, 0.15) is 88.8 Å². The van der Waals surface area contributed by atoms with E-state index in [1.54, 1.807) is 30.3 Å². The Morgan fingerprint density at radius 3 is 2.24 bits per heavy atom. The summed E-state index contributed by atoms with van der Waals surface area (Å²) in [6, 6.07) is 40.1. The van der Waals surface area contributed by atoms with E-state index in [1.165, 1.54) is 17.5 Å². The number of pyridine rings is 2. The molecule has 0 N–H and O–H groups in total. The molecular weight excluding hydrogens is 849 g/mol. The van der Waals surface area contributed by atoms with Crippen molar-refractivity contribution < 1.29 is 38.2 Å². The fraction of sp³-hybridized carbons (Fsp3) is 0.255. The van der Waals surface area contributed by atoms with E-state index in [-0.39, 0.29) is 53.3 Å². The van der Waals surface area contributed by atoms with Crippen molar-refractivity contribution in [1.82, 2.24) is 9.97 Å². The van der Waals surface area contributed by atoms with Crippen LogP contribution in [0.15, 0.2) is 126 Å². The van der Waals surface area contributed by atoms with Crippen LogP contribution in [-0.4, -0.2) is 9.97 Å². The van der Waals surface area contributed by atoms with Crippen LogP contribution >= 0.6 is 0 Å². The Balaban J connectivity index is 0.000000193. The van der Waals surface area contributed by atoms with E-state index in [1.807, 2.05) is 30.5 Å². The van der Waals surface area contributed by atoms with Gasteiger partial charge in [-0.05, 0) is 83.7 Å². The molecule has 3 nitrogen and oxygen atoms in total. The SMILES string of the molecule is [2H]C([2H])([2H])c1c[c-]c(-c2cc(C([2H])([2H])[2H])c(C([2H])([2H])[2H])cn2)cc1-c1ccccc1.[2H]C1(c2ccnc(-c3[c-]ccc4c3oc3c5ccccc5ccc43)c2)CC(C)(C)CC(C)(C)C1.[Ir]. The summed E-state index contributed by atoms with van der Waals surface area (Å²) < 4.78 is 85.4.